The van der Waals surface area contributed by atoms with Crippen LogP contribution in [0.15, 0.2) is 54.6 Å². The van der Waals surface area contributed by atoms with Crippen molar-refractivity contribution in [1.82, 2.24) is 0 Å². The second kappa shape index (κ2) is 7.52. The van der Waals surface area contributed by atoms with Crippen molar-refractivity contribution < 1.29 is 23.0 Å². The summed E-state index contributed by atoms with van der Waals surface area (Å²) in [6.07, 6.45) is 0. The zero-order valence-corrected chi connectivity index (χ0v) is 14.5. The molecular weight excluding hydrogens is 338 g/mol. The highest BCUT2D eigenvalue weighted by atomic mass is 19.3. The fourth-order valence-corrected chi connectivity index (χ4v) is 2.84. The van der Waals surface area contributed by atoms with Crippen LogP contribution < -0.4 is 9.47 Å². The summed E-state index contributed by atoms with van der Waals surface area (Å²) >= 11 is 0. The molecule has 3 rings (SSSR count). The van der Waals surface area contributed by atoms with Crippen LogP contribution in [0.3, 0.4) is 0 Å². The minimum atomic E-state index is -2.85. The lowest BCUT2D eigenvalue weighted by atomic mass is 10.00. The summed E-state index contributed by atoms with van der Waals surface area (Å²) in [6.45, 7) is 0.860. The maximum Gasteiger partial charge on any atom is 0.387 e. The molecular formula is C21H18F2O3. The Kier molecular flexibility index (Phi) is 5.16. The summed E-state index contributed by atoms with van der Waals surface area (Å²) < 4.78 is 34.7. The monoisotopic (exact) mass is 356 g/mol. The molecule has 0 fully saturated rings. The Labute approximate surface area is 150 Å². The fraction of sp³-hybridized carbons (Fsp3) is 0.190. The minimum absolute atomic E-state index is 0.0795. The number of rotatable bonds is 6. The number of halogens is 2. The van der Waals surface area contributed by atoms with Crippen LogP contribution in [0.2, 0.25) is 0 Å². The molecule has 0 N–H and O–H groups in total. The number of ketones is 1. The Morgan fingerprint density at radius 2 is 1.73 bits per heavy atom. The van der Waals surface area contributed by atoms with Gasteiger partial charge in [-0.2, -0.15) is 8.78 Å². The molecule has 3 nitrogen and oxygen atoms in total. The van der Waals surface area contributed by atoms with E-state index in [1.807, 2.05) is 31.2 Å². The van der Waals surface area contributed by atoms with Crippen molar-refractivity contribution in [3.05, 3.63) is 71.3 Å². The molecule has 0 spiro atoms. The number of benzene rings is 3. The quantitative estimate of drug-likeness (QED) is 0.545. The van der Waals surface area contributed by atoms with E-state index in [1.54, 1.807) is 18.2 Å². The lowest BCUT2D eigenvalue weighted by Crippen LogP contribution is -2.04. The van der Waals surface area contributed by atoms with E-state index in [0.29, 0.717) is 11.3 Å². The third kappa shape index (κ3) is 3.82. The van der Waals surface area contributed by atoms with E-state index >= 15 is 0 Å². The van der Waals surface area contributed by atoms with E-state index in [-0.39, 0.29) is 18.1 Å². The van der Waals surface area contributed by atoms with Crippen LogP contribution in [0.1, 0.15) is 28.4 Å². The molecule has 0 aliphatic heterocycles. The van der Waals surface area contributed by atoms with Gasteiger partial charge in [0.25, 0.3) is 0 Å². The Morgan fingerprint density at radius 1 is 1.00 bits per heavy atom. The Hall–Kier alpha value is -2.95. The second-order valence-corrected chi connectivity index (χ2v) is 5.98. The summed E-state index contributed by atoms with van der Waals surface area (Å²) in [6, 6.07) is 15.8. The lowest BCUT2D eigenvalue weighted by Gasteiger charge is -2.14. The van der Waals surface area contributed by atoms with Gasteiger partial charge in [-0.25, -0.2) is 0 Å². The predicted molar refractivity (Wildman–Crippen MR) is 96.1 cm³/mol. The van der Waals surface area contributed by atoms with Gasteiger partial charge in [-0.3, -0.25) is 4.79 Å². The van der Waals surface area contributed by atoms with Gasteiger partial charge in [-0.05, 0) is 48.6 Å². The molecule has 0 amide bonds. The molecule has 0 unspecified atom stereocenters. The van der Waals surface area contributed by atoms with Gasteiger partial charge in [0.05, 0.1) is 5.56 Å². The van der Waals surface area contributed by atoms with E-state index in [9.17, 15) is 13.6 Å². The zero-order chi connectivity index (χ0) is 18.7. The molecule has 5 heteroatoms. The average molecular weight is 356 g/mol. The van der Waals surface area contributed by atoms with Gasteiger partial charge in [0.1, 0.15) is 18.1 Å². The van der Waals surface area contributed by atoms with Crippen molar-refractivity contribution in [2.24, 2.45) is 0 Å². The largest absolute Gasteiger partial charge is 0.487 e. The van der Waals surface area contributed by atoms with Gasteiger partial charge in [-0.15, -0.1) is 0 Å². The zero-order valence-electron chi connectivity index (χ0n) is 14.5. The summed E-state index contributed by atoms with van der Waals surface area (Å²) in [5.41, 5.74) is 2.39. The molecule has 0 aliphatic rings. The summed E-state index contributed by atoms with van der Waals surface area (Å²) in [4.78, 5) is 12.0. The number of Topliss-reactive ketones (excluding diaryl/α,β-unsaturated/α-hetero) is 1. The second-order valence-electron chi connectivity index (χ2n) is 5.98. The Morgan fingerprint density at radius 3 is 2.38 bits per heavy atom. The van der Waals surface area contributed by atoms with Crippen LogP contribution in [0.25, 0.3) is 10.8 Å². The minimum Gasteiger partial charge on any atom is -0.487 e. The summed E-state index contributed by atoms with van der Waals surface area (Å²) in [5, 5.41) is 1.89. The average Bonchev–Trinajstić information content (AvgIpc) is 2.60. The third-order valence-corrected chi connectivity index (χ3v) is 4.14. The SMILES string of the molecule is CC(=O)c1ccc2c(C)cccc2c1OCc1ccc(OC(F)F)cc1. The van der Waals surface area contributed by atoms with Crippen LogP contribution in [0.5, 0.6) is 11.5 Å². The molecule has 134 valence electrons. The van der Waals surface area contributed by atoms with Crippen molar-refractivity contribution in [2.45, 2.75) is 27.1 Å². The number of carbonyl (C=O) groups is 1. The van der Waals surface area contributed by atoms with Crippen molar-refractivity contribution in [2.75, 3.05) is 0 Å². The first-order valence-electron chi connectivity index (χ1n) is 8.15. The number of alkyl halides is 2. The molecule has 3 aromatic carbocycles. The third-order valence-electron chi connectivity index (χ3n) is 4.14. The summed E-state index contributed by atoms with van der Waals surface area (Å²) in [5.74, 6) is 0.546. The van der Waals surface area contributed by atoms with E-state index in [2.05, 4.69) is 4.74 Å². The number of ether oxygens (including phenoxy) is 2. The van der Waals surface area contributed by atoms with Gasteiger partial charge in [-0.1, -0.05) is 36.4 Å². The van der Waals surface area contributed by atoms with Gasteiger partial charge in [0.2, 0.25) is 0 Å². The Bertz CT molecular complexity index is 934. The van der Waals surface area contributed by atoms with Crippen molar-refractivity contribution in [1.29, 1.82) is 0 Å². The molecule has 0 bridgehead atoms. The number of fused-ring (bicyclic) bond motifs is 1. The van der Waals surface area contributed by atoms with Gasteiger partial charge in [0.15, 0.2) is 5.78 Å². The van der Waals surface area contributed by atoms with E-state index in [1.165, 1.54) is 19.1 Å². The first kappa shape index (κ1) is 17.9. The Balaban J connectivity index is 1.89. The molecule has 0 atom stereocenters. The maximum atomic E-state index is 12.2. The molecule has 0 saturated heterocycles. The van der Waals surface area contributed by atoms with Crippen LogP contribution in [-0.4, -0.2) is 12.4 Å². The molecule has 0 aromatic heterocycles. The lowest BCUT2D eigenvalue weighted by molar-refractivity contribution is -0.0498. The molecule has 0 saturated carbocycles. The highest BCUT2D eigenvalue weighted by molar-refractivity contribution is 6.04. The van der Waals surface area contributed by atoms with Crippen LogP contribution >= 0.6 is 0 Å². The first-order chi connectivity index (χ1) is 12.5. The smallest absolute Gasteiger partial charge is 0.387 e. The van der Waals surface area contributed by atoms with Crippen molar-refractivity contribution in [3.63, 3.8) is 0 Å². The van der Waals surface area contributed by atoms with Gasteiger partial charge >= 0.3 is 6.61 Å². The van der Waals surface area contributed by atoms with Gasteiger partial charge in [0, 0.05) is 5.39 Å². The normalized spacial score (nSPS) is 11.0. The van der Waals surface area contributed by atoms with Crippen LogP contribution in [0.4, 0.5) is 8.78 Å². The van der Waals surface area contributed by atoms with E-state index in [0.717, 1.165) is 21.9 Å². The number of hydrogen-bond acceptors (Lipinski definition) is 3. The van der Waals surface area contributed by atoms with E-state index < -0.39 is 6.61 Å². The molecule has 3 aromatic rings. The standard InChI is InChI=1S/C21H18F2O3/c1-13-4-3-5-19-17(13)10-11-18(14(2)24)20(19)25-12-15-6-8-16(9-7-15)26-21(22)23/h3-11,21H,12H2,1-2H3. The van der Waals surface area contributed by atoms with Crippen LogP contribution in [-0.2, 0) is 6.61 Å². The van der Waals surface area contributed by atoms with Crippen molar-refractivity contribution >= 4 is 16.6 Å². The first-order valence-corrected chi connectivity index (χ1v) is 8.15. The van der Waals surface area contributed by atoms with Gasteiger partial charge < -0.3 is 9.47 Å². The number of hydrogen-bond donors (Lipinski definition) is 0. The van der Waals surface area contributed by atoms with Crippen LogP contribution in [0, 0.1) is 6.92 Å². The molecule has 0 radical (unpaired) electrons. The fourth-order valence-electron chi connectivity index (χ4n) is 2.84. The molecule has 26 heavy (non-hydrogen) atoms. The van der Waals surface area contributed by atoms with E-state index in [4.69, 9.17) is 4.74 Å². The highest BCUT2D eigenvalue weighted by Gasteiger charge is 2.14. The molecule has 0 aliphatic carbocycles. The maximum absolute atomic E-state index is 12.2. The number of aryl methyl sites for hydroxylation is 1. The summed E-state index contributed by atoms with van der Waals surface area (Å²) in [7, 11) is 0. The predicted octanol–water partition coefficient (Wildman–Crippen LogP) is 5.53. The number of carbonyl (C=O) groups excluding carboxylic acids is 1. The molecule has 0 heterocycles. The van der Waals surface area contributed by atoms with Crippen molar-refractivity contribution in [3.8, 4) is 11.5 Å². The topological polar surface area (TPSA) is 35.5 Å². The highest BCUT2D eigenvalue weighted by Crippen LogP contribution is 2.32.